The van der Waals surface area contributed by atoms with E-state index in [0.717, 1.165) is 16.9 Å². The highest BCUT2D eigenvalue weighted by Crippen LogP contribution is 2.39. The van der Waals surface area contributed by atoms with E-state index in [-0.39, 0.29) is 36.3 Å². The summed E-state index contributed by atoms with van der Waals surface area (Å²) in [7, 11) is 1.60. The molecule has 26 heavy (non-hydrogen) atoms. The summed E-state index contributed by atoms with van der Waals surface area (Å²) in [4.78, 5) is 26.4. The predicted molar refractivity (Wildman–Crippen MR) is 94.4 cm³/mol. The molecule has 0 radical (unpaired) electrons. The maximum atomic E-state index is 12.7. The number of hydrogen-bond donors (Lipinski definition) is 1. The van der Waals surface area contributed by atoms with Crippen molar-refractivity contribution in [2.24, 2.45) is 0 Å². The normalized spacial score (nSPS) is 21.8. The molecule has 140 valence electrons. The van der Waals surface area contributed by atoms with Crippen LogP contribution < -0.4 is 22.9 Å². The standard InChI is InChI=1S/C18H20N2O4S.ClH/c1-3-4-12-10-25-17-14(19)16(21)20(17)15(12)18(22)24-9-11-5-7-13(23-2)8-6-11;/h3-8,14,17H,9-10,19H2,1-2H3;1H/b4-3+;/t14-,17-;/m1./s1. The van der Waals surface area contributed by atoms with Gasteiger partial charge < -0.3 is 27.6 Å². The van der Waals surface area contributed by atoms with Crippen molar-refractivity contribution in [3.05, 3.63) is 53.3 Å². The molecule has 3 rings (SSSR count). The molecule has 3 N–H and O–H groups in total. The molecule has 0 bridgehead atoms. The number of ether oxygens (including phenoxy) is 2. The predicted octanol–water partition coefficient (Wildman–Crippen LogP) is -1.90. The van der Waals surface area contributed by atoms with Crippen molar-refractivity contribution in [1.29, 1.82) is 0 Å². The maximum absolute atomic E-state index is 12.7. The van der Waals surface area contributed by atoms with Crippen LogP contribution in [0.3, 0.4) is 0 Å². The molecule has 6 nitrogen and oxygen atoms in total. The van der Waals surface area contributed by atoms with Gasteiger partial charge in [-0.25, -0.2) is 4.79 Å². The van der Waals surface area contributed by atoms with E-state index in [0.29, 0.717) is 11.4 Å². The number of methoxy groups -OCH3 is 1. The number of halogens is 1. The summed E-state index contributed by atoms with van der Waals surface area (Å²) >= 11 is 1.62. The smallest absolute Gasteiger partial charge is 0.355 e. The van der Waals surface area contributed by atoms with Crippen molar-refractivity contribution in [2.75, 3.05) is 12.9 Å². The molecule has 1 fully saturated rings. The van der Waals surface area contributed by atoms with E-state index < -0.39 is 5.97 Å². The van der Waals surface area contributed by atoms with Gasteiger partial charge in [0.25, 0.3) is 5.91 Å². The largest absolute Gasteiger partial charge is 1.00 e. The Bertz CT molecular complexity index is 748. The van der Waals surface area contributed by atoms with Crippen molar-refractivity contribution < 1.29 is 37.2 Å². The lowest BCUT2D eigenvalue weighted by atomic mass is 10.0. The first-order chi connectivity index (χ1) is 12.1. The van der Waals surface area contributed by atoms with Gasteiger partial charge >= 0.3 is 5.97 Å². The number of rotatable bonds is 5. The highest BCUT2D eigenvalue weighted by atomic mass is 35.5. The molecule has 0 aromatic heterocycles. The summed E-state index contributed by atoms with van der Waals surface area (Å²) < 4.78 is 10.6. The number of amides is 1. The Labute approximate surface area is 162 Å². The van der Waals surface area contributed by atoms with Crippen LogP contribution in [0.5, 0.6) is 5.75 Å². The quantitative estimate of drug-likeness (QED) is 0.464. The molecular weight excluding hydrogens is 376 g/mol. The van der Waals surface area contributed by atoms with Crippen LogP contribution in [-0.2, 0) is 20.9 Å². The Morgan fingerprint density at radius 2 is 2.08 bits per heavy atom. The Kier molecular flexibility index (Phi) is 6.75. The highest BCUT2D eigenvalue weighted by molar-refractivity contribution is 8.00. The van der Waals surface area contributed by atoms with E-state index in [1.165, 1.54) is 4.90 Å². The second-order valence-electron chi connectivity index (χ2n) is 5.81. The Balaban J connectivity index is 0.00000243. The van der Waals surface area contributed by atoms with Crippen molar-refractivity contribution >= 4 is 23.6 Å². The van der Waals surface area contributed by atoms with Gasteiger partial charge in [-0.2, -0.15) is 0 Å². The first-order valence-corrected chi connectivity index (χ1v) is 9.05. The average Bonchev–Trinajstić information content (AvgIpc) is 2.65. The summed E-state index contributed by atoms with van der Waals surface area (Å²) in [6.07, 6.45) is 3.72. The first kappa shape index (κ1) is 20.4. The van der Waals surface area contributed by atoms with Gasteiger partial charge in [-0.15, -0.1) is 11.8 Å². The van der Waals surface area contributed by atoms with Crippen LogP contribution in [0.25, 0.3) is 0 Å². The fraction of sp³-hybridized carbons (Fsp3) is 0.333. The molecule has 0 saturated carbocycles. The summed E-state index contributed by atoms with van der Waals surface area (Å²) in [6, 6.07) is 7.00. The number of nitrogens with zero attached hydrogens (tertiary/aromatic N) is 1. The van der Waals surface area contributed by atoms with E-state index in [1.54, 1.807) is 18.9 Å². The fourth-order valence-corrected chi connectivity index (χ4v) is 4.14. The molecule has 1 aromatic rings. The molecule has 0 aliphatic carbocycles. The molecule has 1 saturated heterocycles. The van der Waals surface area contributed by atoms with Crippen LogP contribution in [-0.4, -0.2) is 41.1 Å². The second-order valence-corrected chi connectivity index (χ2v) is 6.92. The maximum Gasteiger partial charge on any atom is 0.355 e. The molecular formula is C18H21ClN2O4S. The van der Waals surface area contributed by atoms with Gasteiger partial charge in [0, 0.05) is 5.75 Å². The van der Waals surface area contributed by atoms with Crippen molar-refractivity contribution in [3.8, 4) is 5.75 Å². The van der Waals surface area contributed by atoms with E-state index in [9.17, 15) is 9.59 Å². The Morgan fingerprint density at radius 1 is 1.38 bits per heavy atom. The molecule has 0 unspecified atom stereocenters. The van der Waals surface area contributed by atoms with Crippen LogP contribution in [0.4, 0.5) is 0 Å². The number of carbonyl (C=O) groups excluding carboxylic acids is 2. The summed E-state index contributed by atoms with van der Waals surface area (Å²) in [5.41, 5.74) is 5.88. The lowest BCUT2D eigenvalue weighted by Gasteiger charge is -2.45. The third-order valence-electron chi connectivity index (χ3n) is 4.20. The molecule has 2 aliphatic rings. The number of β-lactam (4-membered cyclic amide) rings is 1. The van der Waals surface area contributed by atoms with Crippen molar-refractivity contribution in [1.82, 2.24) is 4.90 Å². The number of fused-ring (bicyclic) bond motifs is 1. The molecule has 1 aromatic carbocycles. The first-order valence-electron chi connectivity index (χ1n) is 8.00. The van der Waals surface area contributed by atoms with E-state index in [1.807, 2.05) is 43.3 Å². The average molecular weight is 397 g/mol. The number of carbonyl (C=O) groups is 2. The van der Waals surface area contributed by atoms with Gasteiger partial charge in [0.15, 0.2) is 6.04 Å². The van der Waals surface area contributed by atoms with Gasteiger partial charge in [-0.05, 0) is 30.2 Å². The third-order valence-corrected chi connectivity index (χ3v) is 5.56. The number of benzene rings is 1. The Morgan fingerprint density at radius 3 is 2.69 bits per heavy atom. The van der Waals surface area contributed by atoms with Crippen LogP contribution >= 0.6 is 11.8 Å². The van der Waals surface area contributed by atoms with Gasteiger partial charge in [-0.1, -0.05) is 24.3 Å². The van der Waals surface area contributed by atoms with Gasteiger partial charge in [0.05, 0.1) is 7.11 Å². The second kappa shape index (κ2) is 8.62. The topological polar surface area (TPSA) is 83.5 Å². The fourth-order valence-electron chi connectivity index (χ4n) is 2.85. The van der Waals surface area contributed by atoms with Crippen molar-refractivity contribution in [2.45, 2.75) is 24.9 Å². The lowest BCUT2D eigenvalue weighted by molar-refractivity contribution is -0.423. The van der Waals surface area contributed by atoms with Gasteiger partial charge in [-0.3, -0.25) is 9.69 Å². The minimum atomic E-state index is -0.477. The highest BCUT2D eigenvalue weighted by Gasteiger charge is 2.54. The number of quaternary nitrogens is 1. The van der Waals surface area contributed by atoms with Gasteiger partial charge in [0.2, 0.25) is 0 Å². The number of hydrogen-bond acceptors (Lipinski definition) is 5. The molecule has 2 heterocycles. The van der Waals surface area contributed by atoms with Crippen LogP contribution in [0.2, 0.25) is 0 Å². The third kappa shape index (κ3) is 3.75. The SMILES string of the molecule is C/C=C/C1=C(C(=O)OCc2ccc(OC)cc2)N2C(=O)[C@@H]([NH3+])[C@H]2SC1.[Cl-]. The zero-order valence-corrected chi connectivity index (χ0v) is 16.2. The minimum absolute atomic E-state index is 0. The van der Waals surface area contributed by atoms with Crippen LogP contribution in [0, 0.1) is 0 Å². The summed E-state index contributed by atoms with van der Waals surface area (Å²) in [5, 5.41) is -0.0787. The molecule has 2 aliphatic heterocycles. The van der Waals surface area contributed by atoms with Crippen molar-refractivity contribution in [3.63, 3.8) is 0 Å². The molecule has 1 amide bonds. The van der Waals surface area contributed by atoms with E-state index in [2.05, 4.69) is 5.73 Å². The minimum Gasteiger partial charge on any atom is -1.00 e. The summed E-state index contributed by atoms with van der Waals surface area (Å²) in [6.45, 7) is 2.02. The lowest BCUT2D eigenvalue weighted by Crippen LogP contribution is -3.00. The monoisotopic (exact) mass is 396 g/mol. The van der Waals surface area contributed by atoms with Crippen LogP contribution in [0.15, 0.2) is 47.7 Å². The summed E-state index contributed by atoms with van der Waals surface area (Å²) in [5.74, 6) is 0.802. The zero-order valence-electron chi connectivity index (χ0n) is 14.6. The Hall–Kier alpha value is -1.96. The number of allylic oxidation sites excluding steroid dienone is 2. The van der Waals surface area contributed by atoms with Gasteiger partial charge in [0.1, 0.15) is 23.4 Å². The van der Waals surface area contributed by atoms with Crippen LogP contribution in [0.1, 0.15) is 12.5 Å². The van der Waals surface area contributed by atoms with E-state index >= 15 is 0 Å². The van der Waals surface area contributed by atoms with E-state index in [4.69, 9.17) is 9.47 Å². The molecule has 8 heteroatoms. The number of esters is 1. The number of thioether (sulfide) groups is 1. The zero-order chi connectivity index (χ0) is 18.0. The molecule has 2 atom stereocenters. The molecule has 0 spiro atoms.